The molecule has 1 aromatic carbocycles. The van der Waals surface area contributed by atoms with Crippen molar-refractivity contribution in [1.29, 1.82) is 5.26 Å². The number of ether oxygens (including phenoxy) is 1. The highest BCUT2D eigenvalue weighted by Crippen LogP contribution is 2.33. The second-order valence-electron chi connectivity index (χ2n) is 4.04. The number of nitro groups is 1. The van der Waals surface area contributed by atoms with Gasteiger partial charge < -0.3 is 4.74 Å². The quantitative estimate of drug-likeness (QED) is 0.453. The Morgan fingerprint density at radius 2 is 2.14 bits per heavy atom. The van der Waals surface area contributed by atoms with Gasteiger partial charge in [-0.3, -0.25) is 14.9 Å². The summed E-state index contributed by atoms with van der Waals surface area (Å²) in [7, 11) is -3.88. The van der Waals surface area contributed by atoms with Crippen molar-refractivity contribution < 1.29 is 22.9 Å². The van der Waals surface area contributed by atoms with Gasteiger partial charge in [0, 0.05) is 6.26 Å². The number of carbonyl (C=O) groups is 1. The maximum Gasteiger partial charge on any atom is 0.328 e. The van der Waals surface area contributed by atoms with Crippen LogP contribution in [-0.2, 0) is 19.4 Å². The zero-order valence-electron chi connectivity index (χ0n) is 11.3. The van der Waals surface area contributed by atoms with E-state index in [1.165, 1.54) is 13.0 Å². The number of sulfone groups is 1. The normalized spacial score (nSPS) is 12.2. The molecule has 1 aromatic rings. The third-order valence-corrected chi connectivity index (χ3v) is 3.70. The first-order chi connectivity index (χ1) is 9.73. The van der Waals surface area contributed by atoms with Crippen LogP contribution in [0.3, 0.4) is 0 Å². The molecule has 0 aliphatic rings. The molecule has 0 spiro atoms. The molecule has 0 fully saturated rings. The van der Waals surface area contributed by atoms with Crippen molar-refractivity contribution in [2.75, 3.05) is 12.9 Å². The Hall–Kier alpha value is -2.47. The molecule has 0 aromatic heterocycles. The van der Waals surface area contributed by atoms with Crippen molar-refractivity contribution in [3.05, 3.63) is 33.9 Å². The standard InChI is InChI=1S/C12H12N2O6S/c1-3-20-12(15)9(7-13)8-5-4-6-10(21(2,18)19)11(8)14(16)17/h4-6,9H,3H2,1-2H3. The highest BCUT2D eigenvalue weighted by atomic mass is 32.2. The van der Waals surface area contributed by atoms with Crippen LogP contribution < -0.4 is 0 Å². The number of nitrogens with zero attached hydrogens (tertiary/aromatic N) is 2. The summed E-state index contributed by atoms with van der Waals surface area (Å²) < 4.78 is 27.9. The van der Waals surface area contributed by atoms with Gasteiger partial charge in [-0.25, -0.2) is 8.42 Å². The van der Waals surface area contributed by atoms with E-state index in [4.69, 9.17) is 5.26 Å². The largest absolute Gasteiger partial charge is 0.465 e. The number of esters is 1. The topological polar surface area (TPSA) is 127 Å². The van der Waals surface area contributed by atoms with E-state index >= 15 is 0 Å². The van der Waals surface area contributed by atoms with Crippen LogP contribution in [0.1, 0.15) is 18.4 Å². The molecule has 9 heteroatoms. The number of para-hydroxylation sites is 1. The van der Waals surface area contributed by atoms with E-state index in [0.29, 0.717) is 0 Å². The van der Waals surface area contributed by atoms with Gasteiger partial charge in [-0.2, -0.15) is 5.26 Å². The van der Waals surface area contributed by atoms with Crippen molar-refractivity contribution in [2.45, 2.75) is 17.7 Å². The van der Waals surface area contributed by atoms with Gasteiger partial charge >= 0.3 is 5.97 Å². The number of nitriles is 1. The maximum absolute atomic E-state index is 11.7. The lowest BCUT2D eigenvalue weighted by molar-refractivity contribution is -0.388. The van der Waals surface area contributed by atoms with Crippen LogP contribution in [0.4, 0.5) is 5.69 Å². The second-order valence-corrected chi connectivity index (χ2v) is 6.02. The van der Waals surface area contributed by atoms with Crippen LogP contribution in [0.2, 0.25) is 0 Å². The first kappa shape index (κ1) is 16.6. The van der Waals surface area contributed by atoms with Gasteiger partial charge in [0.05, 0.1) is 23.2 Å². The predicted molar refractivity (Wildman–Crippen MR) is 71.2 cm³/mol. The lowest BCUT2D eigenvalue weighted by atomic mass is 9.99. The van der Waals surface area contributed by atoms with Gasteiger partial charge in [0.25, 0.3) is 5.69 Å². The van der Waals surface area contributed by atoms with Crippen LogP contribution in [0, 0.1) is 21.4 Å². The molecule has 8 nitrogen and oxygen atoms in total. The smallest absolute Gasteiger partial charge is 0.328 e. The van der Waals surface area contributed by atoms with Gasteiger partial charge in [0.1, 0.15) is 4.90 Å². The average molecular weight is 312 g/mol. The van der Waals surface area contributed by atoms with Crippen molar-refractivity contribution in [2.24, 2.45) is 0 Å². The molecule has 0 bridgehead atoms. The first-order valence-corrected chi connectivity index (χ1v) is 7.66. The van der Waals surface area contributed by atoms with E-state index in [2.05, 4.69) is 4.74 Å². The van der Waals surface area contributed by atoms with Gasteiger partial charge in [-0.05, 0) is 13.0 Å². The molecule has 21 heavy (non-hydrogen) atoms. The van der Waals surface area contributed by atoms with Gasteiger partial charge in [-0.15, -0.1) is 0 Å². The molecule has 112 valence electrons. The fourth-order valence-corrected chi connectivity index (χ4v) is 2.61. The average Bonchev–Trinajstić information content (AvgIpc) is 2.38. The fraction of sp³-hybridized carbons (Fsp3) is 0.333. The Bertz CT molecular complexity index is 720. The van der Waals surface area contributed by atoms with Crippen LogP contribution in [-0.4, -0.2) is 32.2 Å². The van der Waals surface area contributed by atoms with Crippen LogP contribution in [0.5, 0.6) is 0 Å². The molecule has 0 radical (unpaired) electrons. The van der Waals surface area contributed by atoms with Crippen LogP contribution >= 0.6 is 0 Å². The molecule has 0 amide bonds. The Labute approximate surface area is 121 Å². The van der Waals surface area contributed by atoms with Gasteiger partial charge in [0.2, 0.25) is 0 Å². The van der Waals surface area contributed by atoms with E-state index in [0.717, 1.165) is 18.4 Å². The molecule has 0 aliphatic heterocycles. The SMILES string of the molecule is CCOC(=O)C(C#N)c1cccc(S(C)(=O)=O)c1[N+](=O)[O-]. The summed E-state index contributed by atoms with van der Waals surface area (Å²) >= 11 is 0. The van der Waals surface area contributed by atoms with E-state index in [-0.39, 0.29) is 12.2 Å². The van der Waals surface area contributed by atoms with Crippen LogP contribution in [0.25, 0.3) is 0 Å². The lowest BCUT2D eigenvalue weighted by Gasteiger charge is -2.11. The highest BCUT2D eigenvalue weighted by molar-refractivity contribution is 7.90. The summed E-state index contributed by atoms with van der Waals surface area (Å²) in [5.74, 6) is -2.53. The molecule has 0 heterocycles. The van der Waals surface area contributed by atoms with Crippen molar-refractivity contribution in [3.8, 4) is 6.07 Å². The summed E-state index contributed by atoms with van der Waals surface area (Å²) in [6.45, 7) is 1.52. The number of hydrogen-bond donors (Lipinski definition) is 0. The number of nitro benzene ring substituents is 1. The predicted octanol–water partition coefficient (Wildman–Crippen LogP) is 1.17. The minimum Gasteiger partial charge on any atom is -0.465 e. The molecule has 1 unspecified atom stereocenters. The Kier molecular flexibility index (Phi) is 4.99. The Morgan fingerprint density at radius 1 is 1.52 bits per heavy atom. The number of rotatable bonds is 5. The summed E-state index contributed by atoms with van der Waals surface area (Å²) in [6.07, 6.45) is 0.810. The second kappa shape index (κ2) is 6.32. The molecular formula is C12H12N2O6S. The molecule has 0 N–H and O–H groups in total. The van der Waals surface area contributed by atoms with E-state index in [9.17, 15) is 23.3 Å². The van der Waals surface area contributed by atoms with Crippen molar-refractivity contribution in [3.63, 3.8) is 0 Å². The minimum atomic E-state index is -3.88. The monoisotopic (exact) mass is 312 g/mol. The highest BCUT2D eigenvalue weighted by Gasteiger charge is 2.34. The molecule has 0 saturated heterocycles. The third-order valence-electron chi connectivity index (χ3n) is 2.57. The zero-order chi connectivity index (χ0) is 16.2. The van der Waals surface area contributed by atoms with Crippen molar-refractivity contribution in [1.82, 2.24) is 0 Å². The molecule has 0 saturated carbocycles. The molecule has 1 atom stereocenters. The number of carbonyl (C=O) groups excluding carboxylic acids is 1. The zero-order valence-corrected chi connectivity index (χ0v) is 12.1. The maximum atomic E-state index is 11.7. The molecule has 0 aliphatic carbocycles. The van der Waals surface area contributed by atoms with Gasteiger partial charge in [0.15, 0.2) is 15.8 Å². The third kappa shape index (κ3) is 3.55. The number of hydrogen-bond acceptors (Lipinski definition) is 7. The van der Waals surface area contributed by atoms with Crippen LogP contribution in [0.15, 0.2) is 23.1 Å². The summed E-state index contributed by atoms with van der Waals surface area (Å²) in [5.41, 5.74) is -1.08. The van der Waals surface area contributed by atoms with E-state index in [1.54, 1.807) is 6.07 Å². The van der Waals surface area contributed by atoms with Gasteiger partial charge in [-0.1, -0.05) is 12.1 Å². The Balaban J connectivity index is 3.61. The summed E-state index contributed by atoms with van der Waals surface area (Å²) in [4.78, 5) is 21.4. The summed E-state index contributed by atoms with van der Waals surface area (Å²) in [5, 5.41) is 20.2. The van der Waals surface area contributed by atoms with E-state index in [1.807, 2.05) is 0 Å². The molecular weight excluding hydrogens is 300 g/mol. The minimum absolute atomic E-state index is 0.00339. The molecule has 1 rings (SSSR count). The number of benzene rings is 1. The summed E-state index contributed by atoms with van der Waals surface area (Å²) in [6, 6.07) is 5.06. The lowest BCUT2D eigenvalue weighted by Crippen LogP contribution is -2.17. The van der Waals surface area contributed by atoms with E-state index < -0.39 is 37.2 Å². The fourth-order valence-electron chi connectivity index (χ4n) is 1.74. The van der Waals surface area contributed by atoms with Crippen molar-refractivity contribution >= 4 is 21.5 Å². The Morgan fingerprint density at radius 3 is 2.57 bits per heavy atom. The first-order valence-electron chi connectivity index (χ1n) is 5.77.